The summed E-state index contributed by atoms with van der Waals surface area (Å²) in [6, 6.07) is 8.66. The van der Waals surface area contributed by atoms with Gasteiger partial charge in [-0.15, -0.1) is 0 Å². The highest BCUT2D eigenvalue weighted by molar-refractivity contribution is 5.83. The van der Waals surface area contributed by atoms with Crippen molar-refractivity contribution in [2.75, 3.05) is 20.2 Å². The second kappa shape index (κ2) is 9.73. The van der Waals surface area contributed by atoms with Crippen LogP contribution in [-0.4, -0.2) is 36.1 Å². The fraction of sp³-hybridized carbons (Fsp3) is 0.333. The summed E-state index contributed by atoms with van der Waals surface area (Å²) in [5, 5.41) is 7.48. The molecule has 2 heterocycles. The highest BCUT2D eigenvalue weighted by Crippen LogP contribution is 2.19. The van der Waals surface area contributed by atoms with Gasteiger partial charge in [0.15, 0.2) is 5.96 Å². The number of hydrogen-bond donors (Lipinski definition) is 3. The Kier molecular flexibility index (Phi) is 6.84. The molecule has 7 heteroatoms. The van der Waals surface area contributed by atoms with Gasteiger partial charge in [0, 0.05) is 49.0 Å². The summed E-state index contributed by atoms with van der Waals surface area (Å²) in [5.41, 5.74) is 2.99. The van der Waals surface area contributed by atoms with Gasteiger partial charge in [-0.2, -0.15) is 0 Å². The van der Waals surface area contributed by atoms with Crippen molar-refractivity contribution in [2.45, 2.75) is 26.3 Å². The number of rotatable bonds is 8. The average Bonchev–Trinajstić information content (AvgIpc) is 3.11. The molecular weight excluding hydrogens is 357 g/mol. The molecule has 0 fully saturated rings. The van der Waals surface area contributed by atoms with Crippen LogP contribution in [0.5, 0.6) is 5.88 Å². The van der Waals surface area contributed by atoms with Crippen molar-refractivity contribution in [2.24, 2.45) is 4.99 Å². The third-order valence-electron chi connectivity index (χ3n) is 4.38. The molecule has 0 radical (unpaired) electrons. The summed E-state index contributed by atoms with van der Waals surface area (Å²) >= 11 is 0. The Labute approximate surface area is 164 Å². The second-order valence-corrected chi connectivity index (χ2v) is 6.42. The molecule has 0 saturated carbocycles. The van der Waals surface area contributed by atoms with Crippen molar-refractivity contribution in [3.63, 3.8) is 0 Å². The van der Waals surface area contributed by atoms with Gasteiger partial charge in [-0.25, -0.2) is 9.37 Å². The minimum Gasteiger partial charge on any atom is -0.477 e. The Morgan fingerprint density at radius 3 is 2.96 bits per heavy atom. The normalized spacial score (nSPS) is 11.6. The minimum absolute atomic E-state index is 0.226. The Hall–Kier alpha value is -3.09. The first-order valence-electron chi connectivity index (χ1n) is 9.48. The van der Waals surface area contributed by atoms with Gasteiger partial charge in [0.05, 0.1) is 6.61 Å². The van der Waals surface area contributed by atoms with Crippen LogP contribution in [0.15, 0.2) is 47.7 Å². The van der Waals surface area contributed by atoms with Gasteiger partial charge in [0.2, 0.25) is 5.88 Å². The molecule has 6 nitrogen and oxygen atoms in total. The Bertz CT molecular complexity index is 937. The van der Waals surface area contributed by atoms with E-state index in [1.54, 1.807) is 25.4 Å². The van der Waals surface area contributed by atoms with Gasteiger partial charge < -0.3 is 20.4 Å². The van der Waals surface area contributed by atoms with Crippen LogP contribution >= 0.6 is 0 Å². The first-order chi connectivity index (χ1) is 13.7. The van der Waals surface area contributed by atoms with E-state index in [1.165, 1.54) is 6.07 Å². The van der Waals surface area contributed by atoms with E-state index in [-0.39, 0.29) is 5.82 Å². The first-order valence-corrected chi connectivity index (χ1v) is 9.48. The van der Waals surface area contributed by atoms with Gasteiger partial charge >= 0.3 is 0 Å². The maximum atomic E-state index is 13.5. The minimum atomic E-state index is -0.226. The van der Waals surface area contributed by atoms with E-state index in [0.717, 1.165) is 34.9 Å². The van der Waals surface area contributed by atoms with E-state index in [0.29, 0.717) is 31.5 Å². The average molecular weight is 383 g/mol. The van der Waals surface area contributed by atoms with Gasteiger partial charge in [0.1, 0.15) is 5.82 Å². The predicted molar refractivity (Wildman–Crippen MR) is 110 cm³/mol. The molecule has 0 spiro atoms. The number of nitrogens with zero attached hydrogens (tertiary/aromatic N) is 2. The molecular formula is C21H26FN5O. The molecule has 0 amide bonds. The van der Waals surface area contributed by atoms with E-state index < -0.39 is 0 Å². The quantitative estimate of drug-likeness (QED) is 0.412. The number of benzene rings is 1. The van der Waals surface area contributed by atoms with E-state index in [1.807, 2.05) is 18.3 Å². The lowest BCUT2D eigenvalue weighted by atomic mass is 10.1. The summed E-state index contributed by atoms with van der Waals surface area (Å²) in [4.78, 5) is 11.7. The number of aromatic amines is 1. The van der Waals surface area contributed by atoms with Crippen molar-refractivity contribution in [1.82, 2.24) is 20.6 Å². The third kappa shape index (κ3) is 5.00. The second-order valence-electron chi connectivity index (χ2n) is 6.42. The molecule has 0 aliphatic heterocycles. The van der Waals surface area contributed by atoms with Crippen LogP contribution in [0.4, 0.5) is 4.39 Å². The largest absolute Gasteiger partial charge is 0.477 e. The summed E-state index contributed by atoms with van der Waals surface area (Å²) in [7, 11) is 1.73. The fourth-order valence-corrected chi connectivity index (χ4v) is 2.96. The summed E-state index contributed by atoms with van der Waals surface area (Å²) < 4.78 is 19.2. The number of halogens is 1. The van der Waals surface area contributed by atoms with E-state index >= 15 is 0 Å². The Morgan fingerprint density at radius 2 is 2.14 bits per heavy atom. The highest BCUT2D eigenvalue weighted by atomic mass is 19.1. The first kappa shape index (κ1) is 19.7. The lowest BCUT2D eigenvalue weighted by molar-refractivity contribution is 0.301. The molecule has 1 aromatic carbocycles. The topological polar surface area (TPSA) is 74.3 Å². The van der Waals surface area contributed by atoms with Crippen LogP contribution in [0, 0.1) is 5.82 Å². The van der Waals surface area contributed by atoms with Crippen molar-refractivity contribution in [3.8, 4) is 5.88 Å². The van der Waals surface area contributed by atoms with Crippen LogP contribution < -0.4 is 15.4 Å². The molecule has 0 saturated heterocycles. The number of pyridine rings is 1. The van der Waals surface area contributed by atoms with E-state index in [4.69, 9.17) is 4.74 Å². The van der Waals surface area contributed by atoms with Crippen molar-refractivity contribution in [1.29, 1.82) is 0 Å². The van der Waals surface area contributed by atoms with Crippen molar-refractivity contribution < 1.29 is 9.13 Å². The Balaban J connectivity index is 1.53. The molecule has 0 unspecified atom stereocenters. The molecule has 0 aliphatic rings. The molecule has 2 aromatic heterocycles. The molecule has 3 N–H and O–H groups in total. The smallest absolute Gasteiger partial charge is 0.218 e. The molecule has 0 bridgehead atoms. The number of nitrogens with one attached hydrogen (secondary N) is 3. The predicted octanol–water partition coefficient (Wildman–Crippen LogP) is 3.40. The van der Waals surface area contributed by atoms with E-state index in [9.17, 15) is 4.39 Å². The molecule has 3 rings (SSSR count). The number of aromatic nitrogens is 2. The molecule has 0 aliphatic carbocycles. The van der Waals surface area contributed by atoms with Crippen molar-refractivity contribution >= 4 is 16.9 Å². The monoisotopic (exact) mass is 383 g/mol. The zero-order valence-corrected chi connectivity index (χ0v) is 16.3. The maximum Gasteiger partial charge on any atom is 0.218 e. The van der Waals surface area contributed by atoms with Gasteiger partial charge in [-0.3, -0.25) is 4.99 Å². The third-order valence-corrected chi connectivity index (χ3v) is 4.38. The molecule has 28 heavy (non-hydrogen) atoms. The maximum absolute atomic E-state index is 13.5. The number of guanidine groups is 1. The summed E-state index contributed by atoms with van der Waals surface area (Å²) in [5.74, 6) is 1.11. The van der Waals surface area contributed by atoms with Crippen LogP contribution in [0.3, 0.4) is 0 Å². The van der Waals surface area contributed by atoms with Gasteiger partial charge in [-0.05, 0) is 42.7 Å². The fourth-order valence-electron chi connectivity index (χ4n) is 2.96. The lowest BCUT2D eigenvalue weighted by Crippen LogP contribution is -2.38. The SMILES string of the molecule is CCCOc1ncccc1CNC(=NC)NCCc1c[nH]c2ccc(F)cc12. The number of aliphatic imine (C=N–C) groups is 1. The number of fused-ring (bicyclic) bond motifs is 1. The van der Waals surface area contributed by atoms with Gasteiger partial charge in [0.25, 0.3) is 0 Å². The van der Waals surface area contributed by atoms with Crippen LogP contribution in [-0.2, 0) is 13.0 Å². The molecule has 148 valence electrons. The van der Waals surface area contributed by atoms with Crippen LogP contribution in [0.2, 0.25) is 0 Å². The van der Waals surface area contributed by atoms with Gasteiger partial charge in [-0.1, -0.05) is 13.0 Å². The summed E-state index contributed by atoms with van der Waals surface area (Å²) in [6.07, 6.45) is 5.34. The lowest BCUT2D eigenvalue weighted by Gasteiger charge is -2.14. The van der Waals surface area contributed by atoms with Crippen LogP contribution in [0.1, 0.15) is 24.5 Å². The zero-order chi connectivity index (χ0) is 19.8. The van der Waals surface area contributed by atoms with E-state index in [2.05, 4.69) is 32.5 Å². The summed E-state index contributed by atoms with van der Waals surface area (Å²) in [6.45, 7) is 3.94. The van der Waals surface area contributed by atoms with Crippen LogP contribution in [0.25, 0.3) is 10.9 Å². The standard InChI is InChI=1S/C21H26FN5O/c1-3-11-28-20-16(5-4-9-24-20)14-27-21(23-2)25-10-8-15-13-26-19-7-6-17(22)12-18(15)19/h4-7,9,12-13,26H,3,8,10-11,14H2,1-2H3,(H2,23,25,27). The van der Waals surface area contributed by atoms with Crippen molar-refractivity contribution in [3.05, 3.63) is 59.7 Å². The molecule has 3 aromatic rings. The zero-order valence-electron chi connectivity index (χ0n) is 16.3. The number of H-pyrrole nitrogens is 1. The number of hydrogen-bond acceptors (Lipinski definition) is 3. The number of ether oxygens (including phenoxy) is 1. The molecule has 0 atom stereocenters. The Morgan fingerprint density at radius 1 is 1.25 bits per heavy atom. The highest BCUT2D eigenvalue weighted by Gasteiger charge is 2.07.